The molecule has 0 spiro atoms. The largest absolute Gasteiger partial charge is 0.289 e. The second-order valence-corrected chi connectivity index (χ2v) is 5.73. The van der Waals surface area contributed by atoms with Crippen LogP contribution in [-0.4, -0.2) is 5.78 Å². The molecule has 3 rings (SSSR count). The van der Waals surface area contributed by atoms with Crippen LogP contribution < -0.4 is 0 Å². The van der Waals surface area contributed by atoms with Gasteiger partial charge >= 0.3 is 0 Å². The zero-order valence-corrected chi connectivity index (χ0v) is 13.1. The summed E-state index contributed by atoms with van der Waals surface area (Å²) in [5.41, 5.74) is 1.44. The molecule has 0 bridgehead atoms. The zero-order chi connectivity index (χ0) is 15.5. The van der Waals surface area contributed by atoms with Crippen LogP contribution in [0.3, 0.4) is 0 Å². The summed E-state index contributed by atoms with van der Waals surface area (Å²) >= 11 is 12.0. The van der Waals surface area contributed by atoms with Gasteiger partial charge in [0.25, 0.3) is 0 Å². The van der Waals surface area contributed by atoms with Gasteiger partial charge in [0.05, 0.1) is 0 Å². The fraction of sp³-hybridized carbons (Fsp3) is 0. The summed E-state index contributed by atoms with van der Waals surface area (Å²) in [5.74, 6) is -0.0529. The number of hydrogen-bond acceptors (Lipinski definition) is 1. The van der Waals surface area contributed by atoms with Crippen molar-refractivity contribution in [2.24, 2.45) is 0 Å². The number of benzene rings is 3. The second-order valence-electron chi connectivity index (χ2n) is 4.89. The Morgan fingerprint density at radius 2 is 1.68 bits per heavy atom. The summed E-state index contributed by atoms with van der Waals surface area (Å²) in [6.45, 7) is 0. The van der Waals surface area contributed by atoms with Crippen molar-refractivity contribution in [2.75, 3.05) is 0 Å². The van der Waals surface area contributed by atoms with Gasteiger partial charge in [0.1, 0.15) is 0 Å². The van der Waals surface area contributed by atoms with Crippen molar-refractivity contribution in [2.45, 2.75) is 0 Å². The van der Waals surface area contributed by atoms with E-state index >= 15 is 0 Å². The van der Waals surface area contributed by atoms with E-state index < -0.39 is 0 Å². The summed E-state index contributed by atoms with van der Waals surface area (Å²) in [4.78, 5) is 12.5. The van der Waals surface area contributed by atoms with Crippen molar-refractivity contribution in [3.05, 3.63) is 87.9 Å². The second kappa shape index (κ2) is 6.35. The summed E-state index contributed by atoms with van der Waals surface area (Å²) in [5, 5.41) is 3.09. The molecule has 1 nitrogen and oxygen atoms in total. The summed E-state index contributed by atoms with van der Waals surface area (Å²) in [6.07, 6.45) is 3.25. The molecule has 3 heteroatoms. The van der Waals surface area contributed by atoms with Gasteiger partial charge in [-0.3, -0.25) is 4.79 Å². The molecule has 108 valence electrons. The van der Waals surface area contributed by atoms with Crippen LogP contribution in [0.5, 0.6) is 0 Å². The van der Waals surface area contributed by atoms with E-state index in [1.54, 1.807) is 24.3 Å². The summed E-state index contributed by atoms with van der Waals surface area (Å²) < 4.78 is 0. The van der Waals surface area contributed by atoms with Gasteiger partial charge in [0, 0.05) is 15.6 Å². The topological polar surface area (TPSA) is 17.1 Å². The van der Waals surface area contributed by atoms with Gasteiger partial charge in [0.2, 0.25) is 0 Å². The van der Waals surface area contributed by atoms with E-state index in [0.29, 0.717) is 15.6 Å². The van der Waals surface area contributed by atoms with E-state index in [1.165, 1.54) is 6.08 Å². The van der Waals surface area contributed by atoms with Crippen LogP contribution in [0, 0.1) is 0 Å². The first-order valence-corrected chi connectivity index (χ1v) is 7.56. The molecule has 22 heavy (non-hydrogen) atoms. The minimum Gasteiger partial charge on any atom is -0.289 e. The number of halogens is 2. The number of allylic oxidation sites excluding steroid dienone is 1. The number of ketones is 1. The Hall–Kier alpha value is -2.09. The molecule has 0 aliphatic carbocycles. The summed E-state index contributed by atoms with van der Waals surface area (Å²) in [7, 11) is 0. The van der Waals surface area contributed by atoms with Gasteiger partial charge in [0.15, 0.2) is 5.78 Å². The lowest BCUT2D eigenvalue weighted by Gasteiger charge is -2.03. The molecule has 3 aromatic rings. The smallest absolute Gasteiger partial charge is 0.186 e. The fourth-order valence-corrected chi connectivity index (χ4v) is 2.80. The van der Waals surface area contributed by atoms with Crippen LogP contribution in [0.1, 0.15) is 15.9 Å². The van der Waals surface area contributed by atoms with Gasteiger partial charge in [-0.2, -0.15) is 0 Å². The zero-order valence-electron chi connectivity index (χ0n) is 11.6. The average molecular weight is 327 g/mol. The van der Waals surface area contributed by atoms with Gasteiger partial charge in [-0.05, 0) is 40.6 Å². The van der Waals surface area contributed by atoms with E-state index in [1.807, 2.05) is 42.5 Å². The first-order valence-electron chi connectivity index (χ1n) is 6.80. The average Bonchev–Trinajstić information content (AvgIpc) is 2.53. The molecule has 0 unspecified atom stereocenters. The minimum atomic E-state index is -0.0529. The number of carbonyl (C=O) groups excluding carboxylic acids is 1. The van der Waals surface area contributed by atoms with Crippen molar-refractivity contribution in [3.63, 3.8) is 0 Å². The monoisotopic (exact) mass is 326 g/mol. The Morgan fingerprint density at radius 1 is 0.909 bits per heavy atom. The van der Waals surface area contributed by atoms with E-state index in [2.05, 4.69) is 0 Å². The Kier molecular flexibility index (Phi) is 4.28. The molecule has 0 amide bonds. The van der Waals surface area contributed by atoms with E-state index in [-0.39, 0.29) is 5.78 Å². The van der Waals surface area contributed by atoms with Crippen LogP contribution in [0.4, 0.5) is 0 Å². The Labute approximate surface area is 138 Å². The lowest BCUT2D eigenvalue weighted by molar-refractivity contribution is 0.104. The van der Waals surface area contributed by atoms with Crippen molar-refractivity contribution in [3.8, 4) is 0 Å². The molecular formula is C19H12Cl2O. The first-order chi connectivity index (χ1) is 10.6. The minimum absolute atomic E-state index is 0.0529. The number of hydrogen-bond donors (Lipinski definition) is 0. The highest BCUT2D eigenvalue weighted by Gasteiger charge is 2.07. The number of fused-ring (bicyclic) bond motifs is 1. The molecule has 0 atom stereocenters. The Balaban J connectivity index is 1.95. The highest BCUT2D eigenvalue weighted by atomic mass is 35.5. The van der Waals surface area contributed by atoms with Crippen LogP contribution in [-0.2, 0) is 0 Å². The van der Waals surface area contributed by atoms with Crippen LogP contribution in [0.2, 0.25) is 10.0 Å². The quantitative estimate of drug-likeness (QED) is 0.423. The molecule has 0 saturated carbocycles. The lowest BCUT2D eigenvalue weighted by Crippen LogP contribution is -1.95. The van der Waals surface area contributed by atoms with Crippen molar-refractivity contribution in [1.82, 2.24) is 0 Å². The van der Waals surface area contributed by atoms with Crippen molar-refractivity contribution >= 4 is 45.8 Å². The maximum absolute atomic E-state index is 12.5. The first kappa shape index (κ1) is 14.8. The van der Waals surface area contributed by atoms with E-state index in [9.17, 15) is 4.79 Å². The predicted molar refractivity (Wildman–Crippen MR) is 93.8 cm³/mol. The van der Waals surface area contributed by atoms with Crippen LogP contribution in [0.15, 0.2) is 66.7 Å². The van der Waals surface area contributed by atoms with E-state index in [4.69, 9.17) is 23.2 Å². The third-order valence-corrected chi connectivity index (χ3v) is 3.99. The predicted octanol–water partition coefficient (Wildman–Crippen LogP) is 6.04. The van der Waals surface area contributed by atoms with E-state index in [0.717, 1.165) is 16.3 Å². The maximum atomic E-state index is 12.5. The molecule has 0 radical (unpaired) electrons. The summed E-state index contributed by atoms with van der Waals surface area (Å²) in [6, 6.07) is 18.7. The van der Waals surface area contributed by atoms with Gasteiger partial charge < -0.3 is 0 Å². The highest BCUT2D eigenvalue weighted by molar-refractivity contribution is 6.35. The molecule has 0 aliphatic heterocycles. The molecule has 0 saturated heterocycles. The van der Waals surface area contributed by atoms with Crippen molar-refractivity contribution < 1.29 is 4.79 Å². The van der Waals surface area contributed by atoms with Gasteiger partial charge in [-0.25, -0.2) is 0 Å². The third-order valence-electron chi connectivity index (χ3n) is 3.43. The maximum Gasteiger partial charge on any atom is 0.186 e. The molecule has 0 aliphatic rings. The third kappa shape index (κ3) is 3.06. The molecule has 0 aromatic heterocycles. The number of carbonyl (C=O) groups is 1. The van der Waals surface area contributed by atoms with Crippen LogP contribution >= 0.6 is 23.2 Å². The van der Waals surface area contributed by atoms with Gasteiger partial charge in [-0.15, -0.1) is 0 Å². The lowest BCUT2D eigenvalue weighted by atomic mass is 10.0. The molecule has 0 heterocycles. The van der Waals surface area contributed by atoms with Crippen molar-refractivity contribution in [1.29, 1.82) is 0 Å². The molecular weight excluding hydrogens is 315 g/mol. The Bertz CT molecular complexity index is 876. The van der Waals surface area contributed by atoms with Gasteiger partial charge in [-0.1, -0.05) is 71.7 Å². The van der Waals surface area contributed by atoms with Crippen LogP contribution in [0.25, 0.3) is 16.8 Å². The molecule has 3 aromatic carbocycles. The molecule has 0 N–H and O–H groups in total. The Morgan fingerprint density at radius 3 is 2.50 bits per heavy atom. The fourth-order valence-electron chi connectivity index (χ4n) is 2.33. The number of rotatable bonds is 3. The highest BCUT2D eigenvalue weighted by Crippen LogP contribution is 2.23. The molecule has 0 fully saturated rings. The normalized spacial score (nSPS) is 11.2. The SMILES string of the molecule is O=C(C=Cc1ccc(Cl)cc1Cl)c1cccc2ccccc12. The standard InChI is InChI=1S/C19H12Cl2O/c20-15-10-8-14(18(21)12-15)9-11-19(22)17-7-3-5-13-4-1-2-6-16(13)17/h1-12H.